The smallest absolute Gasteiger partial charge is 0.475 e. The van der Waals surface area contributed by atoms with Crippen LogP contribution < -0.4 is 4.90 Å². The lowest BCUT2D eigenvalue weighted by Gasteiger charge is -2.47. The molecule has 33 heavy (non-hydrogen) atoms. The Bertz CT molecular complexity index is 994. The Labute approximate surface area is 189 Å². The first-order chi connectivity index (χ1) is 15.7. The molecule has 2 aromatic heterocycles. The molecule has 0 aliphatic carbocycles. The van der Waals surface area contributed by atoms with Gasteiger partial charge in [0.2, 0.25) is 5.91 Å². The number of hydrogen-bond acceptors (Lipinski definition) is 5. The number of nitrogens with zero attached hydrogens (tertiary/aromatic N) is 4. The van der Waals surface area contributed by atoms with Gasteiger partial charge in [-0.15, -0.1) is 0 Å². The number of carbonyl (C=O) groups is 2. The summed E-state index contributed by atoms with van der Waals surface area (Å²) in [5, 5.41) is 7.12. The van der Waals surface area contributed by atoms with Gasteiger partial charge < -0.3 is 24.2 Å². The number of likely N-dealkylation sites (tertiary alicyclic amines) is 1. The van der Waals surface area contributed by atoms with E-state index < -0.39 is 12.1 Å². The number of amides is 1. The van der Waals surface area contributed by atoms with Gasteiger partial charge in [0, 0.05) is 38.6 Å². The second-order valence-electron chi connectivity index (χ2n) is 7.80. The molecule has 0 radical (unpaired) electrons. The van der Waals surface area contributed by atoms with Gasteiger partial charge in [0.1, 0.15) is 12.1 Å². The maximum atomic E-state index is 12.6. The number of ether oxygens (including phenoxy) is 1. The summed E-state index contributed by atoms with van der Waals surface area (Å²) in [5.41, 5.74) is 2.18. The van der Waals surface area contributed by atoms with Crippen molar-refractivity contribution in [3.8, 4) is 5.82 Å². The van der Waals surface area contributed by atoms with E-state index >= 15 is 0 Å². The topological polar surface area (TPSA) is 87.9 Å². The summed E-state index contributed by atoms with van der Waals surface area (Å²) < 4.78 is 39.3. The van der Waals surface area contributed by atoms with Gasteiger partial charge in [0.05, 0.1) is 11.4 Å². The molecule has 4 rings (SSSR count). The molecule has 11 heteroatoms. The van der Waals surface area contributed by atoms with Crippen LogP contribution in [0.15, 0.2) is 36.7 Å². The molecule has 2 aliphatic heterocycles. The van der Waals surface area contributed by atoms with Crippen LogP contribution in [0.4, 0.5) is 18.9 Å². The van der Waals surface area contributed by atoms with Gasteiger partial charge in [-0.3, -0.25) is 4.79 Å². The standard InChI is InChI=1S/C20H26N4O2.C2HF3O2/c1-3-11-24-16-7-5-10-21-19(16)23-12-6-8-17(23)20(24)9-13-22(15-20)18(25)14-26-4-2;3-2(4,5)1(6)7/h5-8,10,12H,3-4,9,11,13-15H2,1-2H3;(H,6,7). The van der Waals surface area contributed by atoms with Crippen molar-refractivity contribution in [3.05, 3.63) is 42.4 Å². The summed E-state index contributed by atoms with van der Waals surface area (Å²) in [7, 11) is 0. The second-order valence-corrected chi connectivity index (χ2v) is 7.80. The Balaban J connectivity index is 0.000000383. The van der Waals surface area contributed by atoms with E-state index in [-0.39, 0.29) is 18.1 Å². The predicted molar refractivity (Wildman–Crippen MR) is 114 cm³/mol. The molecule has 1 fully saturated rings. The van der Waals surface area contributed by atoms with Gasteiger partial charge in [0.25, 0.3) is 0 Å². The number of hydrogen-bond donors (Lipinski definition) is 1. The zero-order valence-corrected chi connectivity index (χ0v) is 18.5. The van der Waals surface area contributed by atoms with Crippen molar-refractivity contribution in [3.63, 3.8) is 0 Å². The first kappa shape index (κ1) is 24.6. The largest absolute Gasteiger partial charge is 0.490 e. The Morgan fingerprint density at radius 2 is 1.97 bits per heavy atom. The monoisotopic (exact) mass is 468 g/mol. The highest BCUT2D eigenvalue weighted by atomic mass is 19.4. The molecule has 1 N–H and O–H groups in total. The molecule has 0 aromatic carbocycles. The third-order valence-electron chi connectivity index (χ3n) is 5.75. The van der Waals surface area contributed by atoms with Crippen molar-refractivity contribution in [1.82, 2.24) is 14.5 Å². The quantitative estimate of drug-likeness (QED) is 0.725. The van der Waals surface area contributed by atoms with Gasteiger partial charge in [-0.2, -0.15) is 13.2 Å². The molecular formula is C22H27F3N4O4. The van der Waals surface area contributed by atoms with Crippen LogP contribution >= 0.6 is 0 Å². The number of aromatic nitrogens is 2. The van der Waals surface area contributed by atoms with Crippen LogP contribution in [-0.4, -0.2) is 70.5 Å². The summed E-state index contributed by atoms with van der Waals surface area (Å²) in [6, 6.07) is 8.40. The molecular weight excluding hydrogens is 441 g/mol. The van der Waals surface area contributed by atoms with Crippen molar-refractivity contribution in [2.24, 2.45) is 0 Å². The average molecular weight is 468 g/mol. The molecule has 1 spiro atoms. The number of carbonyl (C=O) groups excluding carboxylic acids is 1. The first-order valence-electron chi connectivity index (χ1n) is 10.7. The van der Waals surface area contributed by atoms with E-state index in [0.717, 1.165) is 37.4 Å². The molecule has 1 amide bonds. The van der Waals surface area contributed by atoms with Crippen molar-refractivity contribution in [2.75, 3.05) is 37.7 Å². The SMILES string of the molecule is CCCN1c2cccnc2-n2cccc2C12CCN(C(=O)COCC)C2.O=C(O)C(F)(F)F. The zero-order valence-electron chi connectivity index (χ0n) is 18.5. The third-order valence-corrected chi connectivity index (χ3v) is 5.75. The van der Waals surface area contributed by atoms with E-state index in [9.17, 15) is 18.0 Å². The fraction of sp³-hybridized carbons (Fsp3) is 0.500. The summed E-state index contributed by atoms with van der Waals surface area (Å²) >= 11 is 0. The van der Waals surface area contributed by atoms with Crippen molar-refractivity contribution >= 4 is 17.6 Å². The third kappa shape index (κ3) is 4.82. The molecule has 0 bridgehead atoms. The van der Waals surface area contributed by atoms with Crippen molar-refractivity contribution in [1.29, 1.82) is 0 Å². The van der Waals surface area contributed by atoms with Crippen LogP contribution in [-0.2, 0) is 19.9 Å². The van der Waals surface area contributed by atoms with Crippen LogP contribution in [0.5, 0.6) is 0 Å². The van der Waals surface area contributed by atoms with Crippen molar-refractivity contribution in [2.45, 2.75) is 38.4 Å². The minimum Gasteiger partial charge on any atom is -0.475 e. The minimum atomic E-state index is -5.08. The zero-order chi connectivity index (χ0) is 24.2. The van der Waals surface area contributed by atoms with Crippen LogP contribution in [0.25, 0.3) is 5.82 Å². The highest BCUT2D eigenvalue weighted by Crippen LogP contribution is 2.46. The fourth-order valence-electron chi connectivity index (χ4n) is 4.37. The van der Waals surface area contributed by atoms with Crippen LogP contribution in [0, 0.1) is 0 Å². The van der Waals surface area contributed by atoms with E-state index in [1.807, 2.05) is 24.1 Å². The van der Waals surface area contributed by atoms with Gasteiger partial charge in [-0.05, 0) is 44.0 Å². The normalized spacial score (nSPS) is 19.1. The highest BCUT2D eigenvalue weighted by molar-refractivity contribution is 5.78. The van der Waals surface area contributed by atoms with Crippen molar-refractivity contribution < 1.29 is 32.6 Å². The Morgan fingerprint density at radius 1 is 1.24 bits per heavy atom. The second kappa shape index (κ2) is 9.82. The Hall–Kier alpha value is -3.08. The van der Waals surface area contributed by atoms with Gasteiger partial charge in [-0.1, -0.05) is 6.92 Å². The lowest BCUT2D eigenvalue weighted by Crippen LogP contribution is -2.53. The molecule has 1 atom stereocenters. The molecule has 0 saturated carbocycles. The average Bonchev–Trinajstić information content (AvgIpc) is 3.44. The number of anilines is 1. The maximum Gasteiger partial charge on any atom is 0.490 e. The highest BCUT2D eigenvalue weighted by Gasteiger charge is 2.50. The lowest BCUT2D eigenvalue weighted by atomic mass is 9.88. The molecule has 2 aliphatic rings. The minimum absolute atomic E-state index is 0.0789. The Kier molecular flexibility index (Phi) is 7.31. The molecule has 180 valence electrons. The number of halogens is 3. The van der Waals surface area contributed by atoms with E-state index in [4.69, 9.17) is 14.6 Å². The number of pyridine rings is 1. The van der Waals surface area contributed by atoms with Crippen LogP contribution in [0.3, 0.4) is 0 Å². The molecule has 1 saturated heterocycles. The van der Waals surface area contributed by atoms with E-state index in [1.165, 1.54) is 5.69 Å². The molecule has 8 nitrogen and oxygen atoms in total. The molecule has 4 heterocycles. The number of carboxylic acids is 1. The summed E-state index contributed by atoms with van der Waals surface area (Å²) in [6.45, 7) is 7.24. The van der Waals surface area contributed by atoms with Gasteiger partial charge in [-0.25, -0.2) is 9.78 Å². The number of rotatable bonds is 5. The number of carboxylic acid groups (broad SMARTS) is 1. The van der Waals surface area contributed by atoms with Gasteiger partial charge in [0.15, 0.2) is 5.82 Å². The molecule has 2 aromatic rings. The van der Waals surface area contributed by atoms with Crippen LogP contribution in [0.1, 0.15) is 32.4 Å². The summed E-state index contributed by atoms with van der Waals surface area (Å²) in [4.78, 5) is 30.5. The van der Waals surface area contributed by atoms with E-state index in [0.29, 0.717) is 13.2 Å². The van der Waals surface area contributed by atoms with Gasteiger partial charge >= 0.3 is 12.1 Å². The summed E-state index contributed by atoms with van der Waals surface area (Å²) in [5.74, 6) is -1.70. The number of fused-ring (bicyclic) bond motifs is 4. The lowest BCUT2D eigenvalue weighted by molar-refractivity contribution is -0.192. The van der Waals surface area contributed by atoms with E-state index in [2.05, 4.69) is 45.8 Å². The fourth-order valence-corrected chi connectivity index (χ4v) is 4.37. The number of alkyl halides is 3. The maximum absolute atomic E-state index is 12.6. The molecule has 1 unspecified atom stereocenters. The predicted octanol–water partition coefficient (Wildman–Crippen LogP) is 3.20. The van der Waals surface area contributed by atoms with E-state index in [1.54, 1.807) is 0 Å². The summed E-state index contributed by atoms with van der Waals surface area (Å²) in [6.07, 6.45) is 0.807. The number of aliphatic carboxylic acids is 1. The Morgan fingerprint density at radius 3 is 2.61 bits per heavy atom. The first-order valence-corrected chi connectivity index (χ1v) is 10.7. The van der Waals surface area contributed by atoms with Crippen LogP contribution in [0.2, 0.25) is 0 Å².